The summed E-state index contributed by atoms with van der Waals surface area (Å²) in [6, 6.07) is -0.300. The lowest BCUT2D eigenvalue weighted by Gasteiger charge is -2.35. The van der Waals surface area contributed by atoms with E-state index >= 15 is 0 Å². The van der Waals surface area contributed by atoms with Crippen molar-refractivity contribution >= 4 is 6.09 Å². The van der Waals surface area contributed by atoms with Gasteiger partial charge in [0.15, 0.2) is 0 Å². The lowest BCUT2D eigenvalue weighted by atomic mass is 9.82. The number of hydrogen-bond acceptors (Lipinski definition) is 4. The first kappa shape index (κ1) is 19.5. The molecule has 3 unspecified atom stereocenters. The van der Waals surface area contributed by atoms with Gasteiger partial charge in [0.05, 0.1) is 12.1 Å². The molecule has 2 fully saturated rings. The first-order chi connectivity index (χ1) is 11.3. The summed E-state index contributed by atoms with van der Waals surface area (Å²) in [4.78, 5) is 12.2. The normalized spacial score (nSPS) is 25.8. The molecule has 1 aliphatic carbocycles. The molecule has 2 rings (SSSR count). The molecule has 24 heavy (non-hydrogen) atoms. The highest BCUT2D eigenvalue weighted by atomic mass is 16.6. The zero-order chi connectivity index (χ0) is 17.6. The average molecular weight is 341 g/mol. The second-order valence-electron chi connectivity index (χ2n) is 8.39. The monoisotopic (exact) mass is 341 g/mol. The fourth-order valence-electron chi connectivity index (χ4n) is 3.82. The van der Waals surface area contributed by atoms with Crippen molar-refractivity contribution in [3.63, 3.8) is 0 Å². The van der Waals surface area contributed by atoms with E-state index in [2.05, 4.69) is 5.32 Å². The van der Waals surface area contributed by atoms with E-state index in [1.54, 1.807) is 0 Å². The van der Waals surface area contributed by atoms with Gasteiger partial charge in [-0.2, -0.15) is 0 Å². The van der Waals surface area contributed by atoms with Gasteiger partial charge in [0, 0.05) is 6.61 Å². The number of hydrogen-bond donors (Lipinski definition) is 2. The molecule has 0 aromatic carbocycles. The van der Waals surface area contributed by atoms with Crippen molar-refractivity contribution in [2.45, 2.75) is 102 Å². The van der Waals surface area contributed by atoms with Gasteiger partial charge in [0.2, 0.25) is 0 Å². The molecule has 1 amide bonds. The summed E-state index contributed by atoms with van der Waals surface area (Å²) in [6.45, 7) is 6.25. The van der Waals surface area contributed by atoms with Gasteiger partial charge < -0.3 is 19.9 Å². The third kappa shape index (κ3) is 6.60. The molecular formula is C19H35NO4. The molecule has 5 heteroatoms. The minimum Gasteiger partial charge on any atom is -0.444 e. The lowest BCUT2D eigenvalue weighted by molar-refractivity contribution is -0.0777. The fourth-order valence-corrected chi connectivity index (χ4v) is 3.82. The quantitative estimate of drug-likeness (QED) is 0.798. The Morgan fingerprint density at radius 1 is 1.17 bits per heavy atom. The molecule has 5 nitrogen and oxygen atoms in total. The summed E-state index contributed by atoms with van der Waals surface area (Å²) in [6.07, 6.45) is 8.67. The number of nitrogens with one attached hydrogen (secondary N) is 1. The van der Waals surface area contributed by atoms with Crippen molar-refractivity contribution in [3.05, 3.63) is 0 Å². The topological polar surface area (TPSA) is 67.8 Å². The van der Waals surface area contributed by atoms with E-state index in [1.807, 2.05) is 20.8 Å². The van der Waals surface area contributed by atoms with Crippen LogP contribution >= 0.6 is 0 Å². The molecule has 1 aliphatic heterocycles. The Morgan fingerprint density at radius 2 is 1.83 bits per heavy atom. The number of alkyl carbamates (subject to hydrolysis) is 1. The zero-order valence-corrected chi connectivity index (χ0v) is 15.6. The summed E-state index contributed by atoms with van der Waals surface area (Å²) in [5.41, 5.74) is -0.536. The van der Waals surface area contributed by atoms with Gasteiger partial charge in [0.1, 0.15) is 11.7 Å². The maximum atomic E-state index is 12.2. The minimum absolute atomic E-state index is 0.178. The molecule has 140 valence electrons. The number of aliphatic hydroxyl groups is 1. The maximum absolute atomic E-state index is 12.2. The third-order valence-corrected chi connectivity index (χ3v) is 5.02. The first-order valence-corrected chi connectivity index (χ1v) is 9.64. The highest BCUT2D eigenvalue weighted by molar-refractivity contribution is 5.68. The van der Waals surface area contributed by atoms with E-state index in [1.165, 1.54) is 32.1 Å². The van der Waals surface area contributed by atoms with Crippen LogP contribution < -0.4 is 5.32 Å². The molecule has 1 saturated heterocycles. The lowest BCUT2D eigenvalue weighted by Crippen LogP contribution is -2.51. The molecule has 0 aromatic heterocycles. The van der Waals surface area contributed by atoms with Gasteiger partial charge in [-0.05, 0) is 52.4 Å². The maximum Gasteiger partial charge on any atom is 0.407 e. The van der Waals surface area contributed by atoms with E-state index in [0.717, 1.165) is 25.7 Å². The molecule has 0 aromatic rings. The Bertz CT molecular complexity index is 381. The fraction of sp³-hybridized carbons (Fsp3) is 0.947. The highest BCUT2D eigenvalue weighted by Gasteiger charge is 2.33. The van der Waals surface area contributed by atoms with Crippen LogP contribution in [0.2, 0.25) is 0 Å². The Morgan fingerprint density at radius 3 is 2.42 bits per heavy atom. The van der Waals surface area contributed by atoms with Crippen LogP contribution in [0.25, 0.3) is 0 Å². The van der Waals surface area contributed by atoms with E-state index in [4.69, 9.17) is 9.47 Å². The van der Waals surface area contributed by atoms with Crippen molar-refractivity contribution < 1.29 is 19.4 Å². The third-order valence-electron chi connectivity index (χ3n) is 5.02. The Balaban J connectivity index is 1.97. The standard InChI is InChI=1S/C19H35NO4/c1-19(2,3)24-18(22)20-15(13-14-9-5-4-6-10-14)17(21)16-11-7-8-12-23-16/h14-17,21H,4-13H2,1-3H3,(H,20,22). The number of carbonyl (C=O) groups excluding carboxylic acids is 1. The predicted octanol–water partition coefficient (Wildman–Crippen LogP) is 3.78. The Kier molecular flexibility index (Phi) is 7.35. The van der Waals surface area contributed by atoms with Crippen LogP contribution in [0.3, 0.4) is 0 Å². The van der Waals surface area contributed by atoms with Crippen LogP contribution in [0, 0.1) is 5.92 Å². The number of amides is 1. The van der Waals surface area contributed by atoms with Crippen LogP contribution in [-0.4, -0.2) is 41.7 Å². The number of ether oxygens (including phenoxy) is 2. The van der Waals surface area contributed by atoms with E-state index in [9.17, 15) is 9.90 Å². The van der Waals surface area contributed by atoms with Crippen molar-refractivity contribution in [2.75, 3.05) is 6.61 Å². The summed E-state index contributed by atoms with van der Waals surface area (Å²) < 4.78 is 11.1. The summed E-state index contributed by atoms with van der Waals surface area (Å²) in [5, 5.41) is 13.7. The highest BCUT2D eigenvalue weighted by Crippen LogP contribution is 2.29. The molecular weight excluding hydrogens is 306 g/mol. The van der Waals surface area contributed by atoms with Crippen LogP contribution in [0.15, 0.2) is 0 Å². The average Bonchev–Trinajstić information content (AvgIpc) is 2.53. The smallest absolute Gasteiger partial charge is 0.407 e. The Labute approximate surface area is 146 Å². The molecule has 0 bridgehead atoms. The number of aliphatic hydroxyl groups excluding tert-OH is 1. The van der Waals surface area contributed by atoms with Crippen molar-refractivity contribution in [2.24, 2.45) is 5.92 Å². The molecule has 1 heterocycles. The SMILES string of the molecule is CC(C)(C)OC(=O)NC(CC1CCCCC1)C(O)C1CCCCO1. The largest absolute Gasteiger partial charge is 0.444 e. The summed E-state index contributed by atoms with van der Waals surface area (Å²) in [5.74, 6) is 0.567. The second kappa shape index (κ2) is 9.04. The van der Waals surface area contributed by atoms with Gasteiger partial charge in [-0.3, -0.25) is 0 Å². The molecule has 1 saturated carbocycles. The van der Waals surface area contributed by atoms with Gasteiger partial charge in [-0.25, -0.2) is 4.79 Å². The molecule has 3 atom stereocenters. The zero-order valence-electron chi connectivity index (χ0n) is 15.6. The van der Waals surface area contributed by atoms with Crippen LogP contribution in [-0.2, 0) is 9.47 Å². The van der Waals surface area contributed by atoms with E-state index < -0.39 is 17.8 Å². The molecule has 2 aliphatic rings. The van der Waals surface area contributed by atoms with Crippen molar-refractivity contribution in [3.8, 4) is 0 Å². The first-order valence-electron chi connectivity index (χ1n) is 9.64. The van der Waals surface area contributed by atoms with Gasteiger partial charge in [-0.15, -0.1) is 0 Å². The second-order valence-corrected chi connectivity index (χ2v) is 8.39. The Hall–Kier alpha value is -0.810. The molecule has 0 radical (unpaired) electrons. The number of carbonyl (C=O) groups is 1. The van der Waals surface area contributed by atoms with Crippen molar-refractivity contribution in [1.82, 2.24) is 5.32 Å². The predicted molar refractivity (Wildman–Crippen MR) is 93.9 cm³/mol. The molecule has 0 spiro atoms. The van der Waals surface area contributed by atoms with E-state index in [0.29, 0.717) is 12.5 Å². The van der Waals surface area contributed by atoms with Crippen molar-refractivity contribution in [1.29, 1.82) is 0 Å². The summed E-state index contributed by atoms with van der Waals surface area (Å²) >= 11 is 0. The minimum atomic E-state index is -0.667. The summed E-state index contributed by atoms with van der Waals surface area (Å²) in [7, 11) is 0. The van der Waals surface area contributed by atoms with Crippen LogP contribution in [0.5, 0.6) is 0 Å². The van der Waals surface area contributed by atoms with Gasteiger partial charge >= 0.3 is 6.09 Å². The van der Waals surface area contributed by atoms with Gasteiger partial charge in [-0.1, -0.05) is 32.1 Å². The van der Waals surface area contributed by atoms with Gasteiger partial charge in [0.25, 0.3) is 0 Å². The number of rotatable bonds is 5. The van der Waals surface area contributed by atoms with Crippen LogP contribution in [0.4, 0.5) is 4.79 Å². The van der Waals surface area contributed by atoms with E-state index in [-0.39, 0.29) is 12.1 Å². The van der Waals surface area contributed by atoms with Crippen LogP contribution in [0.1, 0.15) is 78.6 Å². The molecule has 2 N–H and O–H groups in total.